The minimum atomic E-state index is -0.306. The normalized spacial score (nSPS) is 19.1. The topological polar surface area (TPSA) is 75.6 Å². The molecule has 0 radical (unpaired) electrons. The van der Waals surface area contributed by atoms with E-state index < -0.39 is 0 Å². The molecule has 2 aromatic rings. The molecule has 2 N–H and O–H groups in total. The average Bonchev–Trinajstić information content (AvgIpc) is 3.38. The van der Waals surface area contributed by atoms with Gasteiger partial charge in [-0.2, -0.15) is 0 Å². The van der Waals surface area contributed by atoms with Crippen molar-refractivity contribution >= 4 is 47.2 Å². The maximum absolute atomic E-state index is 12.0. The van der Waals surface area contributed by atoms with Crippen LogP contribution in [0.1, 0.15) is 58.2 Å². The monoisotopic (exact) mass is 528 g/mol. The zero-order chi connectivity index (χ0) is 20.1. The molecule has 1 aromatic carbocycles. The van der Waals surface area contributed by atoms with E-state index in [1.54, 1.807) is 14.0 Å². The van der Waals surface area contributed by atoms with Crippen LogP contribution in [0.5, 0.6) is 0 Å². The number of carbonyl (C=O) groups excluding carboxylic acids is 1. The predicted molar refractivity (Wildman–Crippen MR) is 128 cm³/mol. The van der Waals surface area contributed by atoms with Crippen molar-refractivity contribution < 1.29 is 9.53 Å². The highest BCUT2D eigenvalue weighted by molar-refractivity contribution is 14.0. The van der Waals surface area contributed by atoms with Gasteiger partial charge in [-0.15, -0.1) is 35.3 Å². The first-order valence-corrected chi connectivity index (χ1v) is 10.5. The maximum atomic E-state index is 12.0. The minimum Gasteiger partial charge on any atom is -0.462 e. The fraction of sp³-hybridized carbons (Fsp3) is 0.476. The van der Waals surface area contributed by atoms with E-state index >= 15 is 0 Å². The summed E-state index contributed by atoms with van der Waals surface area (Å²) in [6, 6.07) is 10.6. The first kappa shape index (κ1) is 23.6. The molecule has 3 atom stereocenters. The van der Waals surface area contributed by atoms with Gasteiger partial charge >= 0.3 is 5.97 Å². The third-order valence-corrected chi connectivity index (χ3v) is 6.22. The number of thiazole rings is 1. The van der Waals surface area contributed by atoms with Gasteiger partial charge in [0.1, 0.15) is 9.88 Å². The van der Waals surface area contributed by atoms with Crippen LogP contribution in [0, 0.1) is 12.8 Å². The van der Waals surface area contributed by atoms with Gasteiger partial charge < -0.3 is 15.4 Å². The van der Waals surface area contributed by atoms with Crippen molar-refractivity contribution in [1.29, 1.82) is 0 Å². The van der Waals surface area contributed by atoms with E-state index in [1.807, 2.05) is 13.8 Å². The molecule has 0 amide bonds. The Bertz CT molecular complexity index is 840. The summed E-state index contributed by atoms with van der Waals surface area (Å²) in [4.78, 5) is 21.4. The van der Waals surface area contributed by atoms with Crippen molar-refractivity contribution in [3.8, 4) is 0 Å². The number of nitrogens with one attached hydrogen (secondary N) is 2. The Morgan fingerprint density at radius 1 is 1.38 bits per heavy atom. The van der Waals surface area contributed by atoms with E-state index in [1.165, 1.54) is 23.3 Å². The highest BCUT2D eigenvalue weighted by atomic mass is 127. The molecule has 0 bridgehead atoms. The number of nitrogens with zero attached hydrogens (tertiary/aromatic N) is 2. The SMILES string of the molecule is CCOC(=O)c1sc(C(C)NC(=NC)NCC2CC2c2ccccc2)nc1C.I. The standard InChI is InChI=1S/C21H28N4O2S.HI/c1-5-27-20(26)18-13(2)24-19(28-18)14(3)25-21(22-4)23-12-16-11-17(16)15-9-7-6-8-10-15;/h6-10,14,16-17H,5,11-12H2,1-4H3,(H2,22,23,25);1H. The van der Waals surface area contributed by atoms with Gasteiger partial charge in [0, 0.05) is 13.6 Å². The number of aryl methyl sites for hydroxylation is 1. The molecule has 1 heterocycles. The molecule has 1 aromatic heterocycles. The lowest BCUT2D eigenvalue weighted by molar-refractivity contribution is 0.0531. The van der Waals surface area contributed by atoms with Crippen LogP contribution in [-0.4, -0.2) is 37.1 Å². The first-order chi connectivity index (χ1) is 13.5. The lowest BCUT2D eigenvalue weighted by Gasteiger charge is -2.16. The number of carbonyl (C=O) groups is 1. The first-order valence-electron chi connectivity index (χ1n) is 9.70. The van der Waals surface area contributed by atoms with E-state index in [2.05, 4.69) is 50.9 Å². The van der Waals surface area contributed by atoms with Gasteiger partial charge in [0.25, 0.3) is 0 Å². The Morgan fingerprint density at radius 2 is 2.10 bits per heavy atom. The van der Waals surface area contributed by atoms with Crippen LogP contribution in [0.3, 0.4) is 0 Å². The summed E-state index contributed by atoms with van der Waals surface area (Å²) in [5.41, 5.74) is 2.12. The van der Waals surface area contributed by atoms with Crippen molar-refractivity contribution in [1.82, 2.24) is 15.6 Å². The highest BCUT2D eigenvalue weighted by Gasteiger charge is 2.37. The van der Waals surface area contributed by atoms with E-state index in [0.717, 1.165) is 17.5 Å². The second kappa shape index (κ2) is 10.9. The van der Waals surface area contributed by atoms with Gasteiger partial charge in [0.2, 0.25) is 0 Å². The van der Waals surface area contributed by atoms with Gasteiger partial charge in [-0.05, 0) is 44.6 Å². The molecule has 6 nitrogen and oxygen atoms in total. The number of esters is 1. The van der Waals surface area contributed by atoms with Gasteiger partial charge in [0.15, 0.2) is 5.96 Å². The molecule has 158 valence electrons. The number of aliphatic imine (C=N–C) groups is 1. The van der Waals surface area contributed by atoms with Crippen LogP contribution >= 0.6 is 35.3 Å². The number of hydrogen-bond acceptors (Lipinski definition) is 5. The second-order valence-electron chi connectivity index (χ2n) is 7.02. The number of ether oxygens (including phenoxy) is 1. The number of halogens is 1. The molecule has 3 unspecified atom stereocenters. The van der Waals surface area contributed by atoms with Crippen LogP contribution in [0.2, 0.25) is 0 Å². The Balaban J connectivity index is 0.00000300. The van der Waals surface area contributed by atoms with Crippen LogP contribution in [-0.2, 0) is 4.74 Å². The van der Waals surface area contributed by atoms with E-state index in [0.29, 0.717) is 29.0 Å². The Kier molecular flexibility index (Phi) is 8.88. The van der Waals surface area contributed by atoms with Crippen molar-refractivity contribution in [2.45, 2.75) is 39.2 Å². The molecular weight excluding hydrogens is 499 g/mol. The quantitative estimate of drug-likeness (QED) is 0.243. The molecule has 29 heavy (non-hydrogen) atoms. The van der Waals surface area contributed by atoms with Gasteiger partial charge in [-0.25, -0.2) is 9.78 Å². The smallest absolute Gasteiger partial charge is 0.350 e. The number of hydrogen-bond donors (Lipinski definition) is 2. The fourth-order valence-electron chi connectivity index (χ4n) is 3.26. The van der Waals surface area contributed by atoms with E-state index in [9.17, 15) is 4.79 Å². The third kappa shape index (κ3) is 6.15. The molecule has 1 fully saturated rings. The molecule has 0 aliphatic heterocycles. The third-order valence-electron chi connectivity index (χ3n) is 4.90. The van der Waals surface area contributed by atoms with Crippen LogP contribution in [0.25, 0.3) is 0 Å². The van der Waals surface area contributed by atoms with E-state index in [4.69, 9.17) is 4.74 Å². The van der Waals surface area contributed by atoms with Crippen molar-refractivity contribution in [3.05, 3.63) is 51.5 Å². The largest absolute Gasteiger partial charge is 0.462 e. The average molecular weight is 528 g/mol. The van der Waals surface area contributed by atoms with E-state index in [-0.39, 0.29) is 36.0 Å². The van der Waals surface area contributed by atoms with Crippen LogP contribution in [0.15, 0.2) is 35.3 Å². The van der Waals surface area contributed by atoms with Gasteiger partial charge in [-0.1, -0.05) is 30.3 Å². The fourth-order valence-corrected chi connectivity index (χ4v) is 4.22. The summed E-state index contributed by atoms with van der Waals surface area (Å²) < 4.78 is 5.10. The molecule has 8 heteroatoms. The lowest BCUT2D eigenvalue weighted by atomic mass is 10.1. The van der Waals surface area contributed by atoms with Crippen molar-refractivity contribution in [2.24, 2.45) is 10.9 Å². The minimum absolute atomic E-state index is 0. The summed E-state index contributed by atoms with van der Waals surface area (Å²) >= 11 is 1.37. The number of benzene rings is 1. The van der Waals surface area contributed by atoms with Crippen LogP contribution < -0.4 is 10.6 Å². The molecule has 1 aliphatic rings. The molecule has 0 spiro atoms. The van der Waals surface area contributed by atoms with Crippen LogP contribution in [0.4, 0.5) is 0 Å². The molecular formula is C21H29IN4O2S. The summed E-state index contributed by atoms with van der Waals surface area (Å²) in [6.07, 6.45) is 1.21. The van der Waals surface area contributed by atoms with Crippen molar-refractivity contribution in [3.63, 3.8) is 0 Å². The number of aromatic nitrogens is 1. The number of guanidine groups is 1. The summed E-state index contributed by atoms with van der Waals surface area (Å²) in [5, 5.41) is 7.63. The van der Waals surface area contributed by atoms with Gasteiger partial charge in [0.05, 0.1) is 18.3 Å². The Hall–Kier alpha value is -1.68. The zero-order valence-electron chi connectivity index (χ0n) is 17.3. The highest BCUT2D eigenvalue weighted by Crippen LogP contribution is 2.46. The lowest BCUT2D eigenvalue weighted by Crippen LogP contribution is -2.39. The summed E-state index contributed by atoms with van der Waals surface area (Å²) in [5.74, 6) is 1.71. The summed E-state index contributed by atoms with van der Waals surface area (Å²) in [7, 11) is 1.76. The second-order valence-corrected chi connectivity index (χ2v) is 8.05. The number of rotatable bonds is 7. The van der Waals surface area contributed by atoms with Gasteiger partial charge in [-0.3, -0.25) is 4.99 Å². The molecule has 3 rings (SSSR count). The molecule has 1 aliphatic carbocycles. The Morgan fingerprint density at radius 3 is 2.76 bits per heavy atom. The summed E-state index contributed by atoms with van der Waals surface area (Å²) in [6.45, 7) is 6.90. The molecule has 0 saturated heterocycles. The predicted octanol–water partition coefficient (Wildman–Crippen LogP) is 4.28. The van der Waals surface area contributed by atoms with Crippen molar-refractivity contribution in [2.75, 3.05) is 20.2 Å². The Labute approximate surface area is 193 Å². The molecule has 1 saturated carbocycles. The maximum Gasteiger partial charge on any atom is 0.350 e. The zero-order valence-corrected chi connectivity index (χ0v) is 20.4.